The lowest BCUT2D eigenvalue weighted by atomic mass is 10.1. The smallest absolute Gasteiger partial charge is 0.228 e. The van der Waals surface area contributed by atoms with Crippen molar-refractivity contribution in [1.29, 1.82) is 0 Å². The predicted molar refractivity (Wildman–Crippen MR) is 102 cm³/mol. The molecule has 0 aliphatic heterocycles. The maximum Gasteiger partial charge on any atom is 0.228 e. The van der Waals surface area contributed by atoms with E-state index in [-0.39, 0.29) is 11.8 Å². The molecule has 2 N–H and O–H groups in total. The van der Waals surface area contributed by atoms with Crippen LogP contribution in [0.4, 0.5) is 11.6 Å². The van der Waals surface area contributed by atoms with Crippen LogP contribution in [0.1, 0.15) is 24.6 Å². The molecule has 136 valence electrons. The summed E-state index contributed by atoms with van der Waals surface area (Å²) >= 11 is 0. The van der Waals surface area contributed by atoms with Crippen molar-refractivity contribution in [2.45, 2.75) is 13.3 Å². The Kier molecular flexibility index (Phi) is 4.20. The van der Waals surface area contributed by atoms with Crippen LogP contribution in [0.3, 0.4) is 0 Å². The second kappa shape index (κ2) is 6.68. The average molecular weight is 361 g/mol. The summed E-state index contributed by atoms with van der Waals surface area (Å²) in [5.41, 5.74) is 1.31. The molecule has 1 aliphatic rings. The summed E-state index contributed by atoms with van der Waals surface area (Å²) in [7, 11) is 3.54. The number of pyridine rings is 2. The van der Waals surface area contributed by atoms with E-state index in [0.717, 1.165) is 22.8 Å². The summed E-state index contributed by atoms with van der Waals surface area (Å²) in [5.74, 6) is 7.86. The number of aromatic nitrogens is 5. The number of hydrogen-bond acceptors (Lipinski definition) is 6. The van der Waals surface area contributed by atoms with Gasteiger partial charge in [0.1, 0.15) is 11.6 Å². The first kappa shape index (κ1) is 17.0. The molecule has 0 unspecified atom stereocenters. The normalized spacial score (nSPS) is 17.9. The third kappa shape index (κ3) is 3.44. The Labute approximate surface area is 156 Å². The summed E-state index contributed by atoms with van der Waals surface area (Å²) in [6, 6.07) is 1.84. The van der Waals surface area contributed by atoms with E-state index in [9.17, 15) is 4.79 Å². The zero-order valence-electron chi connectivity index (χ0n) is 15.3. The van der Waals surface area contributed by atoms with Crippen LogP contribution in [-0.4, -0.2) is 37.9 Å². The second-order valence-electron chi connectivity index (χ2n) is 6.66. The maximum absolute atomic E-state index is 12.2. The number of anilines is 2. The Morgan fingerprint density at radius 2 is 2.04 bits per heavy atom. The van der Waals surface area contributed by atoms with Crippen LogP contribution < -0.4 is 10.6 Å². The van der Waals surface area contributed by atoms with Crippen LogP contribution in [0.2, 0.25) is 0 Å². The molecule has 1 aliphatic carbocycles. The van der Waals surface area contributed by atoms with Crippen molar-refractivity contribution in [3.63, 3.8) is 0 Å². The zero-order chi connectivity index (χ0) is 19.0. The number of aryl methyl sites for hydroxylation is 1. The summed E-state index contributed by atoms with van der Waals surface area (Å²) in [6.07, 6.45) is 5.94. The Hall–Kier alpha value is -3.47. The molecule has 4 rings (SSSR count). The zero-order valence-corrected chi connectivity index (χ0v) is 15.3. The van der Waals surface area contributed by atoms with Crippen LogP contribution in [0.5, 0.6) is 0 Å². The molecule has 27 heavy (non-hydrogen) atoms. The van der Waals surface area contributed by atoms with E-state index in [1.165, 1.54) is 4.80 Å². The van der Waals surface area contributed by atoms with Gasteiger partial charge in [0.05, 0.1) is 11.8 Å². The van der Waals surface area contributed by atoms with Gasteiger partial charge in [-0.15, -0.1) is 5.10 Å². The van der Waals surface area contributed by atoms with Crippen LogP contribution in [0.25, 0.3) is 10.8 Å². The van der Waals surface area contributed by atoms with Gasteiger partial charge in [0.2, 0.25) is 5.91 Å². The van der Waals surface area contributed by atoms with E-state index in [4.69, 9.17) is 0 Å². The van der Waals surface area contributed by atoms with Crippen LogP contribution in [-0.2, 0) is 11.8 Å². The van der Waals surface area contributed by atoms with Gasteiger partial charge >= 0.3 is 0 Å². The fourth-order valence-corrected chi connectivity index (χ4v) is 2.94. The monoisotopic (exact) mass is 361 g/mol. The minimum absolute atomic E-state index is 0.0180. The second-order valence-corrected chi connectivity index (χ2v) is 6.66. The lowest BCUT2D eigenvalue weighted by Crippen LogP contribution is -2.15. The highest BCUT2D eigenvalue weighted by molar-refractivity contribution is 5.99. The highest BCUT2D eigenvalue weighted by Gasteiger charge is 2.39. The molecular weight excluding hydrogens is 342 g/mol. The van der Waals surface area contributed by atoms with Crippen molar-refractivity contribution < 1.29 is 4.79 Å². The van der Waals surface area contributed by atoms with Gasteiger partial charge in [0.25, 0.3) is 0 Å². The molecule has 0 bridgehead atoms. The summed E-state index contributed by atoms with van der Waals surface area (Å²) in [4.78, 5) is 22.4. The van der Waals surface area contributed by atoms with Gasteiger partial charge < -0.3 is 10.6 Å². The van der Waals surface area contributed by atoms with Crippen LogP contribution >= 0.6 is 0 Å². The van der Waals surface area contributed by atoms with E-state index in [2.05, 4.69) is 49.6 Å². The van der Waals surface area contributed by atoms with Gasteiger partial charge in [-0.05, 0) is 24.3 Å². The van der Waals surface area contributed by atoms with Crippen molar-refractivity contribution in [2.75, 3.05) is 17.7 Å². The first-order valence-electron chi connectivity index (χ1n) is 8.71. The molecule has 0 aromatic carbocycles. The summed E-state index contributed by atoms with van der Waals surface area (Å²) in [6.45, 7) is 2.07. The van der Waals surface area contributed by atoms with E-state index in [1.54, 1.807) is 32.7 Å². The van der Waals surface area contributed by atoms with Crippen LogP contribution in [0.15, 0.2) is 24.7 Å². The van der Waals surface area contributed by atoms with Crippen molar-refractivity contribution in [2.24, 2.45) is 18.9 Å². The van der Waals surface area contributed by atoms with E-state index in [0.29, 0.717) is 23.2 Å². The van der Waals surface area contributed by atoms with Crippen molar-refractivity contribution in [3.05, 3.63) is 35.9 Å². The number of nitrogens with one attached hydrogen (secondary N) is 2. The van der Waals surface area contributed by atoms with Gasteiger partial charge in [-0.3, -0.25) is 4.79 Å². The predicted octanol–water partition coefficient (Wildman–Crippen LogP) is 1.79. The number of carbonyl (C=O) groups is 1. The molecule has 3 aromatic rings. The topological polar surface area (TPSA) is 97.6 Å². The van der Waals surface area contributed by atoms with Crippen molar-refractivity contribution in [3.8, 4) is 11.8 Å². The average Bonchev–Trinajstić information content (AvgIpc) is 3.26. The Balaban J connectivity index is 1.72. The molecule has 3 aromatic heterocycles. The highest BCUT2D eigenvalue weighted by atomic mass is 16.2. The minimum atomic E-state index is 0.0180. The molecule has 1 fully saturated rings. The Morgan fingerprint density at radius 3 is 2.70 bits per heavy atom. The Bertz CT molecular complexity index is 1090. The molecule has 0 radical (unpaired) electrons. The SMILES string of the molecule is CNc1ncc(C#Cc2cnn(C)n2)c2cc(NC(=O)[C@H]3C[C@H]3C)ncc12. The van der Waals surface area contributed by atoms with E-state index >= 15 is 0 Å². The third-order valence-electron chi connectivity index (χ3n) is 4.63. The lowest BCUT2D eigenvalue weighted by molar-refractivity contribution is -0.117. The molecular formula is C19H19N7O. The first-order valence-corrected chi connectivity index (χ1v) is 8.71. The lowest BCUT2D eigenvalue weighted by Gasteiger charge is -2.09. The van der Waals surface area contributed by atoms with Gasteiger partial charge in [-0.25, -0.2) is 9.97 Å². The molecule has 0 saturated heterocycles. The number of rotatable bonds is 3. The first-order chi connectivity index (χ1) is 13.0. The number of amides is 1. The molecule has 8 nitrogen and oxygen atoms in total. The quantitative estimate of drug-likeness (QED) is 0.691. The van der Waals surface area contributed by atoms with Gasteiger partial charge in [-0.1, -0.05) is 12.8 Å². The van der Waals surface area contributed by atoms with Crippen LogP contribution in [0, 0.1) is 23.7 Å². The number of fused-ring (bicyclic) bond motifs is 1. The number of carbonyl (C=O) groups excluding carboxylic acids is 1. The molecule has 3 heterocycles. The molecule has 2 atom stereocenters. The van der Waals surface area contributed by atoms with Gasteiger partial charge in [-0.2, -0.15) is 9.90 Å². The summed E-state index contributed by atoms with van der Waals surface area (Å²) in [5, 5.41) is 15.8. The fourth-order valence-electron chi connectivity index (χ4n) is 2.94. The maximum atomic E-state index is 12.2. The van der Waals surface area contributed by atoms with E-state index in [1.807, 2.05) is 6.07 Å². The minimum Gasteiger partial charge on any atom is -0.373 e. The van der Waals surface area contributed by atoms with E-state index < -0.39 is 0 Å². The Morgan fingerprint density at radius 1 is 1.22 bits per heavy atom. The largest absolute Gasteiger partial charge is 0.373 e. The molecule has 1 amide bonds. The van der Waals surface area contributed by atoms with Gasteiger partial charge in [0.15, 0.2) is 5.69 Å². The molecule has 0 spiro atoms. The third-order valence-corrected chi connectivity index (χ3v) is 4.63. The number of hydrogen-bond donors (Lipinski definition) is 2. The van der Waals surface area contributed by atoms with Crippen molar-refractivity contribution in [1.82, 2.24) is 25.0 Å². The number of nitrogens with zero attached hydrogens (tertiary/aromatic N) is 5. The standard InChI is InChI=1S/C19H19N7O/c1-11-6-14(11)19(27)24-17-7-15-12(4-5-13-9-23-26(3)25-13)8-22-18(20-2)16(15)10-21-17/h7-11,14H,6H2,1-3H3,(H,20,22)(H,21,24,27)/t11-,14+/m1/s1. The highest BCUT2D eigenvalue weighted by Crippen LogP contribution is 2.38. The fraction of sp³-hybridized carbons (Fsp3) is 0.316. The molecule has 8 heteroatoms. The van der Waals surface area contributed by atoms with Gasteiger partial charge in [0, 0.05) is 43.2 Å². The summed E-state index contributed by atoms with van der Waals surface area (Å²) < 4.78 is 0. The van der Waals surface area contributed by atoms with Crippen molar-refractivity contribution >= 4 is 28.3 Å². The molecule has 1 saturated carbocycles.